The summed E-state index contributed by atoms with van der Waals surface area (Å²) in [5, 5.41) is 17.9. The van der Waals surface area contributed by atoms with Crippen LogP contribution in [0, 0.1) is 0 Å². The molecule has 1 saturated heterocycles. The minimum absolute atomic E-state index is 0.218. The lowest BCUT2D eigenvalue weighted by Crippen LogP contribution is -2.39. The maximum absolute atomic E-state index is 8.97. The second-order valence-electron chi connectivity index (χ2n) is 3.20. The maximum Gasteiger partial charge on any atom is 0.275 e. The SMILES string of the molecule is CCCC=C1OCC(CO)(CO)O1. The zero-order chi connectivity index (χ0) is 9.73. The fourth-order valence-electron chi connectivity index (χ4n) is 1.04. The Kier molecular flexibility index (Phi) is 3.57. The van der Waals surface area contributed by atoms with Crippen molar-refractivity contribution in [2.45, 2.75) is 25.4 Å². The van der Waals surface area contributed by atoms with E-state index >= 15 is 0 Å². The lowest BCUT2D eigenvalue weighted by Gasteiger charge is -2.19. The molecule has 0 amide bonds. The number of unbranched alkanes of at least 4 members (excludes halogenated alkanes) is 1. The third kappa shape index (κ3) is 2.35. The molecule has 0 aliphatic carbocycles. The van der Waals surface area contributed by atoms with Crippen molar-refractivity contribution in [1.29, 1.82) is 0 Å². The number of aliphatic hydroxyl groups is 2. The van der Waals surface area contributed by atoms with E-state index in [9.17, 15) is 0 Å². The Morgan fingerprint density at radius 2 is 2.15 bits per heavy atom. The highest BCUT2D eigenvalue weighted by Crippen LogP contribution is 2.25. The Labute approximate surface area is 77.8 Å². The van der Waals surface area contributed by atoms with Crippen LogP contribution in [-0.2, 0) is 9.47 Å². The van der Waals surface area contributed by atoms with Gasteiger partial charge in [-0.25, -0.2) is 0 Å². The molecule has 1 aliphatic rings. The first-order valence-electron chi connectivity index (χ1n) is 4.50. The third-order valence-electron chi connectivity index (χ3n) is 1.97. The number of hydrogen-bond donors (Lipinski definition) is 2. The molecule has 4 nitrogen and oxygen atoms in total. The molecule has 0 radical (unpaired) electrons. The van der Waals surface area contributed by atoms with Crippen LogP contribution in [0.15, 0.2) is 12.0 Å². The van der Waals surface area contributed by atoms with E-state index in [1.807, 2.05) is 6.08 Å². The summed E-state index contributed by atoms with van der Waals surface area (Å²) in [6.45, 7) is 1.81. The van der Waals surface area contributed by atoms with E-state index in [-0.39, 0.29) is 19.8 Å². The first-order chi connectivity index (χ1) is 6.26. The van der Waals surface area contributed by atoms with Gasteiger partial charge in [-0.15, -0.1) is 0 Å². The standard InChI is InChI=1S/C9H16O4/c1-2-3-4-8-12-7-9(5-10,6-11)13-8/h4,10-11H,2-3,5-7H2,1H3. The second-order valence-corrected chi connectivity index (χ2v) is 3.20. The van der Waals surface area contributed by atoms with Crippen molar-refractivity contribution in [2.75, 3.05) is 19.8 Å². The van der Waals surface area contributed by atoms with Crippen molar-refractivity contribution in [3.63, 3.8) is 0 Å². The van der Waals surface area contributed by atoms with Gasteiger partial charge in [0, 0.05) is 0 Å². The van der Waals surface area contributed by atoms with Crippen LogP contribution in [0.3, 0.4) is 0 Å². The van der Waals surface area contributed by atoms with Crippen molar-refractivity contribution in [3.8, 4) is 0 Å². The molecule has 1 rings (SSSR count). The summed E-state index contributed by atoms with van der Waals surface area (Å²) in [5.41, 5.74) is -0.931. The van der Waals surface area contributed by atoms with E-state index in [1.165, 1.54) is 0 Å². The molecule has 1 aliphatic heterocycles. The first-order valence-corrected chi connectivity index (χ1v) is 4.50. The highest BCUT2D eigenvalue weighted by Gasteiger charge is 2.39. The van der Waals surface area contributed by atoms with Crippen LogP contribution >= 0.6 is 0 Å². The molecule has 0 aromatic carbocycles. The summed E-state index contributed by atoms with van der Waals surface area (Å²) < 4.78 is 10.5. The summed E-state index contributed by atoms with van der Waals surface area (Å²) in [6.07, 6.45) is 3.72. The molecule has 2 N–H and O–H groups in total. The van der Waals surface area contributed by atoms with E-state index in [4.69, 9.17) is 19.7 Å². The van der Waals surface area contributed by atoms with E-state index in [0.717, 1.165) is 12.8 Å². The zero-order valence-electron chi connectivity index (χ0n) is 7.82. The summed E-state index contributed by atoms with van der Waals surface area (Å²) in [7, 11) is 0. The molecule has 76 valence electrons. The van der Waals surface area contributed by atoms with Crippen molar-refractivity contribution in [2.24, 2.45) is 0 Å². The quantitative estimate of drug-likeness (QED) is 0.670. The lowest BCUT2D eigenvalue weighted by atomic mass is 10.1. The zero-order valence-corrected chi connectivity index (χ0v) is 7.82. The monoisotopic (exact) mass is 188 g/mol. The van der Waals surface area contributed by atoms with Gasteiger partial charge in [-0.05, 0) is 12.5 Å². The number of ether oxygens (including phenoxy) is 2. The summed E-state index contributed by atoms with van der Waals surface area (Å²) in [5.74, 6) is 0.421. The topological polar surface area (TPSA) is 58.9 Å². The first kappa shape index (κ1) is 10.3. The lowest BCUT2D eigenvalue weighted by molar-refractivity contribution is -0.0425. The van der Waals surface area contributed by atoms with Crippen LogP contribution < -0.4 is 0 Å². The van der Waals surface area contributed by atoms with Crippen LogP contribution in [0.4, 0.5) is 0 Å². The minimum Gasteiger partial charge on any atom is -0.461 e. The van der Waals surface area contributed by atoms with Crippen LogP contribution in [0.5, 0.6) is 0 Å². The number of hydrogen-bond acceptors (Lipinski definition) is 4. The van der Waals surface area contributed by atoms with Gasteiger partial charge in [0.15, 0.2) is 5.60 Å². The van der Waals surface area contributed by atoms with Crippen molar-refractivity contribution >= 4 is 0 Å². The summed E-state index contributed by atoms with van der Waals surface area (Å²) >= 11 is 0. The highest BCUT2D eigenvalue weighted by atomic mass is 16.7. The van der Waals surface area contributed by atoms with Gasteiger partial charge in [-0.3, -0.25) is 0 Å². The molecule has 0 unspecified atom stereocenters. The Balaban J connectivity index is 2.51. The van der Waals surface area contributed by atoms with Gasteiger partial charge in [0.2, 0.25) is 0 Å². The van der Waals surface area contributed by atoms with Crippen molar-refractivity contribution in [3.05, 3.63) is 12.0 Å². The van der Waals surface area contributed by atoms with Crippen molar-refractivity contribution < 1.29 is 19.7 Å². The minimum atomic E-state index is -0.931. The average Bonchev–Trinajstić information content (AvgIpc) is 2.59. The van der Waals surface area contributed by atoms with Crippen LogP contribution in [0.25, 0.3) is 0 Å². The Morgan fingerprint density at radius 3 is 2.62 bits per heavy atom. The third-order valence-corrected chi connectivity index (χ3v) is 1.97. The summed E-state index contributed by atoms with van der Waals surface area (Å²) in [4.78, 5) is 0. The maximum atomic E-state index is 8.97. The molecule has 0 bridgehead atoms. The van der Waals surface area contributed by atoms with Gasteiger partial charge in [-0.1, -0.05) is 13.3 Å². The van der Waals surface area contributed by atoms with E-state index in [2.05, 4.69) is 6.92 Å². The summed E-state index contributed by atoms with van der Waals surface area (Å²) in [6, 6.07) is 0. The van der Waals surface area contributed by atoms with Gasteiger partial charge in [0.05, 0.1) is 13.2 Å². The molecule has 0 atom stereocenters. The predicted molar refractivity (Wildman–Crippen MR) is 46.9 cm³/mol. The molecule has 13 heavy (non-hydrogen) atoms. The molecule has 0 aromatic rings. The van der Waals surface area contributed by atoms with Gasteiger partial charge >= 0.3 is 0 Å². The van der Waals surface area contributed by atoms with Crippen molar-refractivity contribution in [1.82, 2.24) is 0 Å². The molecular weight excluding hydrogens is 172 g/mol. The number of rotatable bonds is 4. The normalized spacial score (nSPS) is 22.8. The second kappa shape index (κ2) is 4.48. The highest BCUT2D eigenvalue weighted by molar-refractivity contribution is 4.96. The van der Waals surface area contributed by atoms with E-state index < -0.39 is 5.60 Å². The molecule has 0 saturated carbocycles. The molecule has 1 fully saturated rings. The largest absolute Gasteiger partial charge is 0.461 e. The smallest absolute Gasteiger partial charge is 0.275 e. The predicted octanol–water partition coefficient (Wildman–Crippen LogP) is 0.398. The fourth-order valence-corrected chi connectivity index (χ4v) is 1.04. The molecule has 0 spiro atoms. The molecule has 4 heteroatoms. The van der Waals surface area contributed by atoms with Gasteiger partial charge < -0.3 is 19.7 Å². The molecule has 0 aromatic heterocycles. The Hall–Kier alpha value is -0.740. The Bertz CT molecular complexity index is 184. The molecule has 1 heterocycles. The van der Waals surface area contributed by atoms with Gasteiger partial charge in [0.1, 0.15) is 6.61 Å². The average molecular weight is 188 g/mol. The number of allylic oxidation sites excluding steroid dienone is 1. The number of aliphatic hydroxyl groups excluding tert-OH is 2. The van der Waals surface area contributed by atoms with Crippen LogP contribution in [0.2, 0.25) is 0 Å². The van der Waals surface area contributed by atoms with Crippen LogP contribution in [0.1, 0.15) is 19.8 Å². The van der Waals surface area contributed by atoms with Crippen LogP contribution in [-0.4, -0.2) is 35.6 Å². The van der Waals surface area contributed by atoms with Gasteiger partial charge in [0.25, 0.3) is 5.95 Å². The van der Waals surface area contributed by atoms with E-state index in [1.54, 1.807) is 0 Å². The molecular formula is C9H16O4. The van der Waals surface area contributed by atoms with E-state index in [0.29, 0.717) is 5.95 Å². The fraction of sp³-hybridized carbons (Fsp3) is 0.778. The Morgan fingerprint density at radius 1 is 1.46 bits per heavy atom. The van der Waals surface area contributed by atoms with Gasteiger partial charge in [-0.2, -0.15) is 0 Å².